The second kappa shape index (κ2) is 3.25. The van der Waals surface area contributed by atoms with Gasteiger partial charge in [0.25, 0.3) is 0 Å². The molecule has 0 bridgehead atoms. The molecule has 2 aromatic rings. The minimum Gasteiger partial charge on any atom is -0.392 e. The Balaban J connectivity index is 2.12. The molecule has 1 aliphatic carbocycles. The first kappa shape index (κ1) is 9.73. The minimum absolute atomic E-state index is 0.128. The third kappa shape index (κ3) is 1.32. The van der Waals surface area contributed by atoms with Crippen LogP contribution in [0.3, 0.4) is 0 Å². The summed E-state index contributed by atoms with van der Waals surface area (Å²) in [5, 5.41) is 9.80. The molecule has 1 fully saturated rings. The van der Waals surface area contributed by atoms with Gasteiger partial charge in [0.2, 0.25) is 0 Å². The fraction of sp³-hybridized carbons (Fsp3) is 0.385. The van der Waals surface area contributed by atoms with E-state index < -0.39 is 0 Å². The van der Waals surface area contributed by atoms with Crippen LogP contribution in [0.15, 0.2) is 30.5 Å². The van der Waals surface area contributed by atoms with Crippen LogP contribution in [-0.4, -0.2) is 21.2 Å². The van der Waals surface area contributed by atoms with Gasteiger partial charge < -0.3 is 5.11 Å². The summed E-state index contributed by atoms with van der Waals surface area (Å²) in [6.07, 6.45) is 3.49. The lowest BCUT2D eigenvalue weighted by Crippen LogP contribution is -2.23. The Kier molecular flexibility index (Phi) is 1.98. The Hall–Kier alpha value is -1.48. The Bertz CT molecular complexity index is 532. The van der Waals surface area contributed by atoms with Gasteiger partial charge in [0, 0.05) is 11.6 Å². The highest BCUT2D eigenvalue weighted by Gasteiger charge is 2.50. The van der Waals surface area contributed by atoms with Crippen molar-refractivity contribution < 1.29 is 5.11 Å². The number of hydrogen-bond acceptors (Lipinski definition) is 3. The van der Waals surface area contributed by atoms with Crippen molar-refractivity contribution in [1.29, 1.82) is 0 Å². The molecule has 0 amide bonds. The number of aliphatic hydroxyl groups is 1. The third-order valence-corrected chi connectivity index (χ3v) is 3.55. The number of aromatic nitrogens is 2. The lowest BCUT2D eigenvalue weighted by molar-refractivity contribution is 0.148. The highest BCUT2D eigenvalue weighted by atomic mass is 16.3. The molecule has 3 rings (SSSR count). The largest absolute Gasteiger partial charge is 0.392 e. The van der Waals surface area contributed by atoms with Crippen LogP contribution in [0.1, 0.15) is 25.5 Å². The van der Waals surface area contributed by atoms with Gasteiger partial charge in [-0.15, -0.1) is 0 Å². The summed E-state index contributed by atoms with van der Waals surface area (Å²) in [7, 11) is 0. The quantitative estimate of drug-likeness (QED) is 0.832. The Morgan fingerprint density at radius 3 is 2.56 bits per heavy atom. The molecule has 0 radical (unpaired) electrons. The number of rotatable bonds is 2. The van der Waals surface area contributed by atoms with Gasteiger partial charge >= 0.3 is 0 Å². The molecule has 1 heterocycles. The van der Waals surface area contributed by atoms with Crippen LogP contribution in [0, 0.1) is 0 Å². The fourth-order valence-electron chi connectivity index (χ4n) is 2.22. The zero-order valence-electron chi connectivity index (χ0n) is 9.22. The molecule has 0 spiro atoms. The molecule has 1 atom stereocenters. The van der Waals surface area contributed by atoms with Crippen LogP contribution in [-0.2, 0) is 5.41 Å². The summed E-state index contributed by atoms with van der Waals surface area (Å²) >= 11 is 0. The predicted molar refractivity (Wildman–Crippen MR) is 62.1 cm³/mol. The van der Waals surface area contributed by atoms with E-state index in [1.807, 2.05) is 37.4 Å². The summed E-state index contributed by atoms with van der Waals surface area (Å²) < 4.78 is 0. The van der Waals surface area contributed by atoms with Crippen LogP contribution < -0.4 is 0 Å². The zero-order chi connectivity index (χ0) is 11.2. The smallest absolute Gasteiger partial charge is 0.0890 e. The number of fused-ring (bicyclic) bond motifs is 1. The maximum absolute atomic E-state index is 9.80. The van der Waals surface area contributed by atoms with E-state index in [9.17, 15) is 5.11 Å². The monoisotopic (exact) mass is 214 g/mol. The van der Waals surface area contributed by atoms with Gasteiger partial charge in [-0.05, 0) is 31.9 Å². The molecule has 1 saturated carbocycles. The van der Waals surface area contributed by atoms with E-state index in [-0.39, 0.29) is 11.5 Å². The Morgan fingerprint density at radius 1 is 1.25 bits per heavy atom. The molecule has 1 aromatic heterocycles. The highest BCUT2D eigenvalue weighted by molar-refractivity contribution is 5.73. The molecule has 82 valence electrons. The summed E-state index contributed by atoms with van der Waals surface area (Å²) in [4.78, 5) is 9.00. The number of benzene rings is 1. The Morgan fingerprint density at radius 2 is 1.94 bits per heavy atom. The molecule has 1 aliphatic rings. The molecule has 3 nitrogen and oxygen atoms in total. The average molecular weight is 214 g/mol. The number of para-hydroxylation sites is 2. The average Bonchev–Trinajstić information content (AvgIpc) is 3.09. The number of hydrogen-bond donors (Lipinski definition) is 1. The van der Waals surface area contributed by atoms with Gasteiger partial charge in [-0.1, -0.05) is 12.1 Å². The molecular formula is C13H14N2O. The highest BCUT2D eigenvalue weighted by Crippen LogP contribution is 2.50. The fourth-order valence-corrected chi connectivity index (χ4v) is 2.22. The number of aliphatic hydroxyl groups excluding tert-OH is 1. The molecule has 0 aliphatic heterocycles. The second-order valence-electron chi connectivity index (χ2n) is 4.58. The van der Waals surface area contributed by atoms with E-state index in [1.54, 1.807) is 0 Å². The van der Waals surface area contributed by atoms with Gasteiger partial charge in [-0.3, -0.25) is 4.98 Å². The van der Waals surface area contributed by atoms with E-state index in [2.05, 4.69) is 9.97 Å². The van der Waals surface area contributed by atoms with Crippen molar-refractivity contribution in [3.05, 3.63) is 36.2 Å². The van der Waals surface area contributed by atoms with Crippen molar-refractivity contribution in [3.8, 4) is 0 Å². The molecule has 1 unspecified atom stereocenters. The molecule has 1 N–H and O–H groups in total. The summed E-state index contributed by atoms with van der Waals surface area (Å²) in [5.41, 5.74) is 2.62. The summed E-state index contributed by atoms with van der Waals surface area (Å²) in [6, 6.07) is 7.83. The van der Waals surface area contributed by atoms with E-state index in [0.29, 0.717) is 0 Å². The molecule has 3 heteroatoms. The van der Waals surface area contributed by atoms with E-state index in [0.717, 1.165) is 29.6 Å². The van der Waals surface area contributed by atoms with Crippen molar-refractivity contribution in [2.45, 2.75) is 31.3 Å². The predicted octanol–water partition coefficient (Wildman–Crippen LogP) is 2.04. The normalized spacial score (nSPS) is 19.6. The summed E-state index contributed by atoms with van der Waals surface area (Å²) in [6.45, 7) is 1.84. The molecule has 1 aromatic carbocycles. The Labute approximate surface area is 94.2 Å². The maximum Gasteiger partial charge on any atom is 0.0890 e. The van der Waals surface area contributed by atoms with Gasteiger partial charge in [-0.25, -0.2) is 4.98 Å². The first-order valence-electron chi connectivity index (χ1n) is 5.63. The van der Waals surface area contributed by atoms with E-state index >= 15 is 0 Å². The second-order valence-corrected chi connectivity index (χ2v) is 4.58. The van der Waals surface area contributed by atoms with Crippen LogP contribution in [0.2, 0.25) is 0 Å². The van der Waals surface area contributed by atoms with Gasteiger partial charge in [0.05, 0.1) is 22.8 Å². The van der Waals surface area contributed by atoms with Crippen molar-refractivity contribution in [2.24, 2.45) is 0 Å². The van der Waals surface area contributed by atoms with Crippen molar-refractivity contribution in [3.63, 3.8) is 0 Å². The van der Waals surface area contributed by atoms with Crippen molar-refractivity contribution in [1.82, 2.24) is 9.97 Å². The van der Waals surface area contributed by atoms with Crippen LogP contribution in [0.4, 0.5) is 0 Å². The lowest BCUT2D eigenvalue weighted by atomic mass is 9.96. The van der Waals surface area contributed by atoms with Gasteiger partial charge in [0.15, 0.2) is 0 Å². The standard InChI is InChI=1S/C13H14N2O/c1-9(16)13(6-7-13)12-8-14-10-4-2-3-5-11(10)15-12/h2-5,8-9,16H,6-7H2,1H3. The third-order valence-electron chi connectivity index (χ3n) is 3.55. The topological polar surface area (TPSA) is 46.0 Å². The molecular weight excluding hydrogens is 200 g/mol. The van der Waals surface area contributed by atoms with Crippen molar-refractivity contribution >= 4 is 11.0 Å². The molecule has 0 saturated heterocycles. The maximum atomic E-state index is 9.80. The van der Waals surface area contributed by atoms with Crippen LogP contribution in [0.25, 0.3) is 11.0 Å². The van der Waals surface area contributed by atoms with Crippen LogP contribution >= 0.6 is 0 Å². The van der Waals surface area contributed by atoms with Gasteiger partial charge in [0.1, 0.15) is 0 Å². The first-order chi connectivity index (χ1) is 7.72. The minimum atomic E-state index is -0.344. The van der Waals surface area contributed by atoms with E-state index in [4.69, 9.17) is 0 Å². The lowest BCUT2D eigenvalue weighted by Gasteiger charge is -2.17. The van der Waals surface area contributed by atoms with E-state index in [1.165, 1.54) is 0 Å². The van der Waals surface area contributed by atoms with Gasteiger partial charge in [-0.2, -0.15) is 0 Å². The molecule has 16 heavy (non-hydrogen) atoms. The van der Waals surface area contributed by atoms with Crippen molar-refractivity contribution in [2.75, 3.05) is 0 Å². The first-order valence-corrected chi connectivity index (χ1v) is 5.63. The van der Waals surface area contributed by atoms with Crippen LogP contribution in [0.5, 0.6) is 0 Å². The summed E-state index contributed by atoms with van der Waals surface area (Å²) in [5.74, 6) is 0. The SMILES string of the molecule is CC(O)C1(c2cnc3ccccc3n2)CC1. The number of nitrogens with zero attached hydrogens (tertiary/aromatic N) is 2. The zero-order valence-corrected chi connectivity index (χ0v) is 9.22.